The summed E-state index contributed by atoms with van der Waals surface area (Å²) >= 11 is 0. The molecule has 0 fully saturated rings. The number of nitrogens with two attached hydrogens (primary N) is 1. The molecule has 1 aliphatic rings. The maximum atomic E-state index is 5.82. The molecule has 106 valence electrons. The Bertz CT molecular complexity index is 601. The van der Waals surface area contributed by atoms with Gasteiger partial charge < -0.3 is 10.5 Å². The number of fused-ring (bicyclic) bond motifs is 1. The number of nitrogens with zero attached hydrogens (tertiary/aromatic N) is 2. The lowest BCUT2D eigenvalue weighted by Crippen LogP contribution is -2.23. The fraction of sp³-hybridized carbons (Fsp3) is 0.438. The zero-order valence-corrected chi connectivity index (χ0v) is 12.1. The SMILES string of the molecule is COc1ccc(-n2nc(C)c3c2CCC(CN)C3)cc1. The van der Waals surface area contributed by atoms with Gasteiger partial charge in [-0.3, -0.25) is 0 Å². The van der Waals surface area contributed by atoms with Crippen LogP contribution in [0.1, 0.15) is 23.4 Å². The minimum absolute atomic E-state index is 0.606. The minimum atomic E-state index is 0.606. The van der Waals surface area contributed by atoms with Crippen molar-refractivity contribution in [3.05, 3.63) is 41.2 Å². The summed E-state index contributed by atoms with van der Waals surface area (Å²) in [6.45, 7) is 2.87. The lowest BCUT2D eigenvalue weighted by atomic mass is 9.86. The molecular weight excluding hydrogens is 250 g/mol. The summed E-state index contributed by atoms with van der Waals surface area (Å²) in [5, 5.41) is 4.72. The van der Waals surface area contributed by atoms with Crippen LogP contribution in [0.4, 0.5) is 0 Å². The minimum Gasteiger partial charge on any atom is -0.497 e. The van der Waals surface area contributed by atoms with Crippen LogP contribution in [0.5, 0.6) is 5.75 Å². The highest BCUT2D eigenvalue weighted by atomic mass is 16.5. The molecule has 2 N–H and O–H groups in total. The molecule has 1 heterocycles. The van der Waals surface area contributed by atoms with Gasteiger partial charge in [-0.05, 0) is 68.5 Å². The standard InChI is InChI=1S/C16H21N3O/c1-11-15-9-12(10-17)3-8-16(15)19(18-11)13-4-6-14(20-2)7-5-13/h4-7,12H,3,8-10,17H2,1-2H3. The van der Waals surface area contributed by atoms with Crippen LogP contribution >= 0.6 is 0 Å². The molecule has 1 unspecified atom stereocenters. The van der Waals surface area contributed by atoms with Crippen LogP contribution in [-0.2, 0) is 12.8 Å². The summed E-state index contributed by atoms with van der Waals surface area (Å²) in [5.74, 6) is 1.48. The molecule has 3 rings (SSSR count). The number of hydrogen-bond donors (Lipinski definition) is 1. The van der Waals surface area contributed by atoms with Crippen molar-refractivity contribution in [3.63, 3.8) is 0 Å². The number of aromatic nitrogens is 2. The highest BCUT2D eigenvalue weighted by Crippen LogP contribution is 2.29. The van der Waals surface area contributed by atoms with E-state index in [-0.39, 0.29) is 0 Å². The van der Waals surface area contributed by atoms with Gasteiger partial charge in [0.25, 0.3) is 0 Å². The molecular formula is C16H21N3O. The van der Waals surface area contributed by atoms with Gasteiger partial charge in [-0.2, -0.15) is 5.10 Å². The maximum Gasteiger partial charge on any atom is 0.119 e. The van der Waals surface area contributed by atoms with Crippen LogP contribution in [0.15, 0.2) is 24.3 Å². The third-order valence-corrected chi connectivity index (χ3v) is 4.22. The Labute approximate surface area is 119 Å². The van der Waals surface area contributed by atoms with E-state index in [1.807, 2.05) is 12.1 Å². The highest BCUT2D eigenvalue weighted by Gasteiger charge is 2.24. The molecule has 0 radical (unpaired) electrons. The van der Waals surface area contributed by atoms with Crippen LogP contribution in [0.3, 0.4) is 0 Å². The van der Waals surface area contributed by atoms with Crippen LogP contribution in [0.2, 0.25) is 0 Å². The van der Waals surface area contributed by atoms with Gasteiger partial charge in [0.15, 0.2) is 0 Å². The molecule has 1 aromatic heterocycles. The van der Waals surface area contributed by atoms with Gasteiger partial charge in [0.2, 0.25) is 0 Å². The first kappa shape index (κ1) is 13.2. The fourth-order valence-corrected chi connectivity index (χ4v) is 3.00. The predicted octanol–water partition coefficient (Wildman–Crippen LogP) is 2.25. The van der Waals surface area contributed by atoms with Gasteiger partial charge >= 0.3 is 0 Å². The average Bonchev–Trinajstić information content (AvgIpc) is 2.84. The van der Waals surface area contributed by atoms with Crippen molar-refractivity contribution in [1.82, 2.24) is 9.78 Å². The van der Waals surface area contributed by atoms with E-state index in [0.29, 0.717) is 5.92 Å². The number of ether oxygens (including phenoxy) is 1. The van der Waals surface area contributed by atoms with E-state index in [1.165, 1.54) is 11.3 Å². The normalized spacial score (nSPS) is 17.9. The van der Waals surface area contributed by atoms with Crippen LogP contribution in [0.25, 0.3) is 5.69 Å². The van der Waals surface area contributed by atoms with E-state index in [4.69, 9.17) is 15.6 Å². The largest absolute Gasteiger partial charge is 0.497 e. The molecule has 1 aromatic carbocycles. The van der Waals surface area contributed by atoms with E-state index in [9.17, 15) is 0 Å². The van der Waals surface area contributed by atoms with E-state index < -0.39 is 0 Å². The van der Waals surface area contributed by atoms with E-state index in [1.54, 1.807) is 7.11 Å². The summed E-state index contributed by atoms with van der Waals surface area (Å²) in [4.78, 5) is 0. The van der Waals surface area contributed by atoms with Crippen molar-refractivity contribution in [1.29, 1.82) is 0 Å². The first-order valence-corrected chi connectivity index (χ1v) is 7.14. The van der Waals surface area contributed by atoms with Crippen molar-refractivity contribution in [2.45, 2.75) is 26.2 Å². The number of methoxy groups -OCH3 is 1. The topological polar surface area (TPSA) is 53.1 Å². The van der Waals surface area contributed by atoms with Gasteiger partial charge in [-0.1, -0.05) is 0 Å². The summed E-state index contributed by atoms with van der Waals surface area (Å²) in [5.41, 5.74) is 10.8. The van der Waals surface area contributed by atoms with Gasteiger partial charge in [0, 0.05) is 5.69 Å². The molecule has 1 atom stereocenters. The van der Waals surface area contributed by atoms with Crippen LogP contribution in [0, 0.1) is 12.8 Å². The number of hydrogen-bond acceptors (Lipinski definition) is 3. The third kappa shape index (κ3) is 2.20. The summed E-state index contributed by atoms with van der Waals surface area (Å²) in [6, 6.07) is 8.07. The van der Waals surface area contributed by atoms with Gasteiger partial charge in [0.1, 0.15) is 5.75 Å². The first-order valence-electron chi connectivity index (χ1n) is 7.14. The Morgan fingerprint density at radius 3 is 2.75 bits per heavy atom. The van der Waals surface area contributed by atoms with Gasteiger partial charge in [-0.15, -0.1) is 0 Å². The number of benzene rings is 1. The smallest absolute Gasteiger partial charge is 0.119 e. The van der Waals surface area contributed by atoms with Crippen molar-refractivity contribution >= 4 is 0 Å². The van der Waals surface area contributed by atoms with Crippen molar-refractivity contribution in [2.75, 3.05) is 13.7 Å². The quantitative estimate of drug-likeness (QED) is 0.931. The van der Waals surface area contributed by atoms with E-state index >= 15 is 0 Å². The molecule has 4 heteroatoms. The average molecular weight is 271 g/mol. The lowest BCUT2D eigenvalue weighted by molar-refractivity contribution is 0.414. The van der Waals surface area contributed by atoms with E-state index in [0.717, 1.165) is 42.9 Å². The Hall–Kier alpha value is -1.81. The predicted molar refractivity (Wildman–Crippen MR) is 79.4 cm³/mol. The highest BCUT2D eigenvalue weighted by molar-refractivity contribution is 5.41. The monoisotopic (exact) mass is 271 g/mol. The summed E-state index contributed by atoms with van der Waals surface area (Å²) in [6.07, 6.45) is 3.28. The van der Waals surface area contributed by atoms with E-state index in [2.05, 4.69) is 23.7 Å². The summed E-state index contributed by atoms with van der Waals surface area (Å²) in [7, 11) is 1.68. The Morgan fingerprint density at radius 2 is 2.10 bits per heavy atom. The Kier molecular flexibility index (Phi) is 3.49. The molecule has 0 bridgehead atoms. The number of aryl methyl sites for hydroxylation is 1. The molecule has 2 aromatic rings. The Balaban J connectivity index is 1.98. The molecule has 1 aliphatic carbocycles. The molecule has 0 amide bonds. The molecule has 4 nitrogen and oxygen atoms in total. The van der Waals surface area contributed by atoms with Gasteiger partial charge in [-0.25, -0.2) is 4.68 Å². The van der Waals surface area contributed by atoms with Crippen LogP contribution < -0.4 is 10.5 Å². The second-order valence-electron chi connectivity index (χ2n) is 5.47. The molecule has 20 heavy (non-hydrogen) atoms. The fourth-order valence-electron chi connectivity index (χ4n) is 3.00. The maximum absolute atomic E-state index is 5.82. The van der Waals surface area contributed by atoms with Gasteiger partial charge in [0.05, 0.1) is 18.5 Å². The zero-order chi connectivity index (χ0) is 14.1. The van der Waals surface area contributed by atoms with Crippen molar-refractivity contribution < 1.29 is 4.74 Å². The second kappa shape index (κ2) is 5.29. The number of rotatable bonds is 3. The van der Waals surface area contributed by atoms with Crippen LogP contribution in [-0.4, -0.2) is 23.4 Å². The first-order chi connectivity index (χ1) is 9.72. The second-order valence-corrected chi connectivity index (χ2v) is 5.47. The molecule has 0 saturated heterocycles. The van der Waals surface area contributed by atoms with Crippen molar-refractivity contribution in [3.8, 4) is 11.4 Å². The lowest BCUT2D eigenvalue weighted by Gasteiger charge is -2.22. The Morgan fingerprint density at radius 1 is 1.35 bits per heavy atom. The third-order valence-electron chi connectivity index (χ3n) is 4.22. The zero-order valence-electron chi connectivity index (χ0n) is 12.1. The molecule has 0 spiro atoms. The van der Waals surface area contributed by atoms with Crippen molar-refractivity contribution in [2.24, 2.45) is 11.7 Å². The molecule has 0 saturated carbocycles. The summed E-state index contributed by atoms with van der Waals surface area (Å²) < 4.78 is 7.29. The molecule has 0 aliphatic heterocycles.